The molecule has 1 heterocycles. The smallest absolute Gasteiger partial charge is 0.276 e. The van der Waals surface area contributed by atoms with Gasteiger partial charge in [-0.1, -0.05) is 11.6 Å². The summed E-state index contributed by atoms with van der Waals surface area (Å²) in [5.74, 6) is -3.21. The van der Waals surface area contributed by atoms with Crippen LogP contribution in [0.4, 0.5) is 20.6 Å². The van der Waals surface area contributed by atoms with Crippen molar-refractivity contribution in [3.05, 3.63) is 59.4 Å². The van der Waals surface area contributed by atoms with Gasteiger partial charge in [0, 0.05) is 11.2 Å². The van der Waals surface area contributed by atoms with E-state index in [1.165, 1.54) is 48.5 Å². The zero-order valence-corrected chi connectivity index (χ0v) is 13.4. The number of hydrogen-bond donors (Lipinski definition) is 1. The predicted molar refractivity (Wildman–Crippen MR) is 90.5 cm³/mol. The summed E-state index contributed by atoms with van der Waals surface area (Å²) in [4.78, 5) is 41.4. The average Bonchev–Trinajstić information content (AvgIpc) is 2.57. The minimum absolute atomic E-state index is 0.277. The summed E-state index contributed by atoms with van der Waals surface area (Å²) < 4.78 is 12.9. The van der Waals surface area contributed by atoms with Gasteiger partial charge in [-0.25, -0.2) is 14.1 Å². The monoisotopic (exact) mass is 359 g/mol. The Kier molecular flexibility index (Phi) is 4.58. The summed E-state index contributed by atoms with van der Waals surface area (Å²) in [5, 5.41) is 2.55. The number of carbonyl (C=O) groups excluding carboxylic acids is 3. The minimum atomic E-state index is -1.28. The molecule has 0 spiro atoms. The van der Waals surface area contributed by atoms with Gasteiger partial charge in [0.15, 0.2) is 5.92 Å². The molecule has 25 heavy (non-hydrogen) atoms. The van der Waals surface area contributed by atoms with Crippen molar-refractivity contribution in [1.82, 2.24) is 5.32 Å². The molecule has 1 aliphatic heterocycles. The quantitative estimate of drug-likeness (QED) is 0.675. The van der Waals surface area contributed by atoms with Crippen molar-refractivity contribution < 1.29 is 18.8 Å². The van der Waals surface area contributed by atoms with Crippen LogP contribution in [0.1, 0.15) is 0 Å². The van der Waals surface area contributed by atoms with Crippen molar-refractivity contribution >= 4 is 47.0 Å². The lowest BCUT2D eigenvalue weighted by Crippen LogP contribution is -2.58. The van der Waals surface area contributed by atoms with Crippen molar-refractivity contribution in [3.63, 3.8) is 0 Å². The van der Waals surface area contributed by atoms with Gasteiger partial charge in [0.25, 0.3) is 5.91 Å². The Morgan fingerprint density at radius 2 is 1.68 bits per heavy atom. The first-order valence-electron chi connectivity index (χ1n) is 7.20. The maximum Gasteiger partial charge on any atom is 0.335 e. The van der Waals surface area contributed by atoms with E-state index in [1.54, 1.807) is 0 Å². The van der Waals surface area contributed by atoms with Crippen LogP contribution in [0.3, 0.4) is 0 Å². The first-order valence-corrected chi connectivity index (χ1v) is 7.57. The maximum absolute atomic E-state index is 12.9. The van der Waals surface area contributed by atoms with E-state index in [9.17, 15) is 18.8 Å². The summed E-state index contributed by atoms with van der Waals surface area (Å²) in [6.07, 6.45) is 1.13. The van der Waals surface area contributed by atoms with Crippen LogP contribution < -0.4 is 10.2 Å². The molecule has 2 aromatic carbocycles. The molecule has 0 aromatic heterocycles. The van der Waals surface area contributed by atoms with Gasteiger partial charge in [-0.05, 0) is 48.5 Å². The fourth-order valence-corrected chi connectivity index (χ4v) is 2.37. The summed E-state index contributed by atoms with van der Waals surface area (Å²) >= 11 is 5.80. The van der Waals surface area contributed by atoms with Gasteiger partial charge in [0.2, 0.25) is 5.91 Å². The molecule has 6 nitrogen and oxygen atoms in total. The third-order valence-corrected chi connectivity index (χ3v) is 3.74. The Balaban J connectivity index is 1.87. The lowest BCUT2D eigenvalue weighted by atomic mass is 10.1. The summed E-state index contributed by atoms with van der Waals surface area (Å²) in [6.45, 7) is 0. The number of urea groups is 1. The first-order chi connectivity index (χ1) is 12.0. The van der Waals surface area contributed by atoms with E-state index in [-0.39, 0.29) is 5.69 Å². The Morgan fingerprint density at radius 3 is 2.32 bits per heavy atom. The second kappa shape index (κ2) is 6.82. The number of imide groups is 2. The molecule has 2 aromatic rings. The highest BCUT2D eigenvalue weighted by atomic mass is 35.5. The Labute approximate surface area is 146 Å². The fourth-order valence-electron chi connectivity index (χ4n) is 2.24. The van der Waals surface area contributed by atoms with Gasteiger partial charge < -0.3 is 0 Å². The van der Waals surface area contributed by atoms with Crippen molar-refractivity contribution in [2.24, 2.45) is 10.9 Å². The molecule has 8 heteroatoms. The van der Waals surface area contributed by atoms with E-state index in [0.29, 0.717) is 10.7 Å². The van der Waals surface area contributed by atoms with Crippen molar-refractivity contribution in [2.45, 2.75) is 0 Å². The SMILES string of the molecule is O=C1NC(=O)N(c2ccc(Cl)cc2)C(=O)[C@@H]1C=Nc1ccc(F)cc1. The summed E-state index contributed by atoms with van der Waals surface area (Å²) in [5.41, 5.74) is 0.650. The van der Waals surface area contributed by atoms with Gasteiger partial charge in [-0.15, -0.1) is 0 Å². The van der Waals surface area contributed by atoms with E-state index in [2.05, 4.69) is 10.3 Å². The van der Waals surface area contributed by atoms with E-state index in [4.69, 9.17) is 11.6 Å². The van der Waals surface area contributed by atoms with Crippen LogP contribution in [-0.4, -0.2) is 24.1 Å². The normalized spacial score (nSPS) is 17.9. The zero-order chi connectivity index (χ0) is 18.0. The van der Waals surface area contributed by atoms with Crippen LogP contribution in [0.5, 0.6) is 0 Å². The number of carbonyl (C=O) groups is 3. The number of aliphatic imine (C=N–C) groups is 1. The zero-order valence-electron chi connectivity index (χ0n) is 12.6. The highest BCUT2D eigenvalue weighted by Crippen LogP contribution is 2.22. The third-order valence-electron chi connectivity index (χ3n) is 3.49. The molecule has 4 amide bonds. The molecule has 0 unspecified atom stereocenters. The lowest BCUT2D eigenvalue weighted by Gasteiger charge is -2.28. The van der Waals surface area contributed by atoms with Gasteiger partial charge in [0.05, 0.1) is 11.4 Å². The van der Waals surface area contributed by atoms with Crippen LogP contribution in [0.25, 0.3) is 0 Å². The molecule has 1 saturated heterocycles. The van der Waals surface area contributed by atoms with Crippen LogP contribution in [0.2, 0.25) is 5.02 Å². The number of rotatable bonds is 3. The molecular formula is C17H11ClFN3O3. The topological polar surface area (TPSA) is 78.8 Å². The highest BCUT2D eigenvalue weighted by molar-refractivity contribution is 6.33. The van der Waals surface area contributed by atoms with Crippen molar-refractivity contribution in [2.75, 3.05) is 4.90 Å². The molecule has 1 N–H and O–H groups in total. The second-order valence-corrected chi connectivity index (χ2v) is 5.61. The number of benzene rings is 2. The number of anilines is 1. The molecule has 0 aliphatic carbocycles. The summed E-state index contributed by atoms with van der Waals surface area (Å²) in [7, 11) is 0. The van der Waals surface area contributed by atoms with Gasteiger partial charge >= 0.3 is 6.03 Å². The number of halogens is 2. The number of hydrogen-bond acceptors (Lipinski definition) is 4. The van der Waals surface area contributed by atoms with Crippen LogP contribution in [0, 0.1) is 11.7 Å². The van der Waals surface area contributed by atoms with Crippen LogP contribution in [-0.2, 0) is 9.59 Å². The maximum atomic E-state index is 12.9. The van der Waals surface area contributed by atoms with Crippen LogP contribution in [0.15, 0.2) is 53.5 Å². The number of nitrogens with one attached hydrogen (secondary N) is 1. The highest BCUT2D eigenvalue weighted by Gasteiger charge is 2.40. The van der Waals surface area contributed by atoms with E-state index in [1.807, 2.05) is 0 Å². The molecule has 0 bridgehead atoms. The Bertz CT molecular complexity index is 866. The second-order valence-electron chi connectivity index (χ2n) is 5.18. The van der Waals surface area contributed by atoms with Crippen LogP contribution >= 0.6 is 11.6 Å². The molecular weight excluding hydrogens is 349 g/mol. The molecule has 1 fully saturated rings. The third kappa shape index (κ3) is 3.56. The van der Waals surface area contributed by atoms with Crippen molar-refractivity contribution in [3.8, 4) is 0 Å². The van der Waals surface area contributed by atoms with E-state index in [0.717, 1.165) is 11.1 Å². The minimum Gasteiger partial charge on any atom is -0.276 e. The Morgan fingerprint density at radius 1 is 1.04 bits per heavy atom. The molecule has 1 atom stereocenters. The molecule has 0 radical (unpaired) electrons. The molecule has 126 valence electrons. The van der Waals surface area contributed by atoms with E-state index >= 15 is 0 Å². The first kappa shape index (κ1) is 16.8. The molecule has 3 rings (SSSR count). The molecule has 1 aliphatic rings. The number of nitrogens with zero attached hydrogens (tertiary/aromatic N) is 2. The summed E-state index contributed by atoms with van der Waals surface area (Å²) in [6, 6.07) is 10.4. The van der Waals surface area contributed by atoms with Crippen molar-refractivity contribution in [1.29, 1.82) is 0 Å². The lowest BCUT2D eigenvalue weighted by molar-refractivity contribution is -0.131. The number of amides is 4. The fraction of sp³-hybridized carbons (Fsp3) is 0.0588. The van der Waals surface area contributed by atoms with Gasteiger partial charge in [-0.2, -0.15) is 0 Å². The average molecular weight is 360 g/mol. The Hall–Kier alpha value is -3.06. The largest absolute Gasteiger partial charge is 0.335 e. The van der Waals surface area contributed by atoms with Gasteiger partial charge in [-0.3, -0.25) is 19.9 Å². The number of barbiturate groups is 1. The molecule has 0 saturated carbocycles. The predicted octanol–water partition coefficient (Wildman–Crippen LogP) is 3.08. The van der Waals surface area contributed by atoms with E-state index < -0.39 is 29.6 Å². The standard InChI is InChI=1S/C17H11ClFN3O3/c18-10-1-7-13(8-2-10)22-16(24)14(15(23)21-17(22)25)9-20-12-5-3-11(19)4-6-12/h1-9,14H,(H,21,23,25)/t14-/m1/s1. The van der Waals surface area contributed by atoms with Gasteiger partial charge in [0.1, 0.15) is 5.82 Å².